The van der Waals surface area contributed by atoms with Crippen molar-refractivity contribution in [2.45, 2.75) is 19.3 Å². The van der Waals surface area contributed by atoms with Crippen LogP contribution < -0.4 is 5.32 Å². The molecule has 0 atom stereocenters. The van der Waals surface area contributed by atoms with Crippen LogP contribution in [0.15, 0.2) is 0 Å². The molecule has 1 heterocycles. The van der Waals surface area contributed by atoms with Crippen molar-refractivity contribution in [1.29, 1.82) is 0 Å². The Balaban J connectivity index is 2.52. The molecule has 1 rings (SSSR count). The van der Waals surface area contributed by atoms with Crippen LogP contribution in [0.25, 0.3) is 0 Å². The fraction of sp³-hybridized carbons (Fsp3) is 0.889. The molecule has 1 aliphatic rings. The van der Waals surface area contributed by atoms with Crippen LogP contribution in [0.3, 0.4) is 0 Å². The van der Waals surface area contributed by atoms with Gasteiger partial charge in [0.2, 0.25) is 0 Å². The van der Waals surface area contributed by atoms with E-state index in [9.17, 15) is 9.90 Å². The van der Waals surface area contributed by atoms with Gasteiger partial charge in [-0.1, -0.05) is 0 Å². The molecule has 0 aromatic carbocycles. The zero-order valence-corrected chi connectivity index (χ0v) is 8.01. The summed E-state index contributed by atoms with van der Waals surface area (Å²) in [6, 6.07) is 0. The van der Waals surface area contributed by atoms with Crippen LogP contribution in [0.1, 0.15) is 19.3 Å². The number of methoxy groups -OCH3 is 1. The molecule has 0 bridgehead atoms. The number of aliphatic hydroxyl groups is 1. The topological polar surface area (TPSA) is 58.6 Å². The smallest absolute Gasteiger partial charge is 0.306 e. The first-order chi connectivity index (χ1) is 6.22. The largest absolute Gasteiger partial charge is 0.469 e. The number of nitrogens with one attached hydrogen (secondary N) is 1. The molecule has 13 heavy (non-hydrogen) atoms. The Morgan fingerprint density at radius 2 is 2.15 bits per heavy atom. The summed E-state index contributed by atoms with van der Waals surface area (Å²) in [6.45, 7) is 1.82. The maximum absolute atomic E-state index is 11.1. The Kier molecular flexibility index (Phi) is 3.69. The van der Waals surface area contributed by atoms with E-state index in [1.165, 1.54) is 7.11 Å². The Hall–Kier alpha value is -0.610. The van der Waals surface area contributed by atoms with Crippen LogP contribution in [0, 0.1) is 5.41 Å². The number of carbonyl (C=O) groups is 1. The highest BCUT2D eigenvalue weighted by molar-refractivity contribution is 5.70. The van der Waals surface area contributed by atoms with E-state index in [1.54, 1.807) is 0 Å². The van der Waals surface area contributed by atoms with E-state index in [0.29, 0.717) is 6.42 Å². The van der Waals surface area contributed by atoms with Crippen molar-refractivity contribution in [3.05, 3.63) is 0 Å². The van der Waals surface area contributed by atoms with E-state index in [1.807, 2.05) is 0 Å². The number of piperidine rings is 1. The Morgan fingerprint density at radius 3 is 2.62 bits per heavy atom. The van der Waals surface area contributed by atoms with Gasteiger partial charge < -0.3 is 15.2 Å². The summed E-state index contributed by atoms with van der Waals surface area (Å²) in [4.78, 5) is 11.1. The standard InChI is InChI=1S/C9H17NO3/c1-13-8(12)6-9(7-11)2-4-10-5-3-9/h10-11H,2-7H2,1H3. The second kappa shape index (κ2) is 4.58. The van der Waals surface area contributed by atoms with Gasteiger partial charge in [0.25, 0.3) is 0 Å². The van der Waals surface area contributed by atoms with Gasteiger partial charge in [0.1, 0.15) is 0 Å². The normalized spacial score (nSPS) is 21.1. The van der Waals surface area contributed by atoms with Gasteiger partial charge in [0.05, 0.1) is 13.5 Å². The predicted octanol–water partition coefficient (Wildman–Crippen LogP) is -0.0884. The molecular weight excluding hydrogens is 170 g/mol. The van der Waals surface area contributed by atoms with Crippen molar-refractivity contribution in [3.8, 4) is 0 Å². The van der Waals surface area contributed by atoms with E-state index in [-0.39, 0.29) is 18.0 Å². The summed E-state index contributed by atoms with van der Waals surface area (Å²) in [6.07, 6.45) is 2.03. The van der Waals surface area contributed by atoms with E-state index in [4.69, 9.17) is 0 Å². The van der Waals surface area contributed by atoms with Gasteiger partial charge in [-0.05, 0) is 25.9 Å². The van der Waals surface area contributed by atoms with Crippen LogP contribution in [-0.4, -0.2) is 37.9 Å². The monoisotopic (exact) mass is 187 g/mol. The summed E-state index contributed by atoms with van der Waals surface area (Å²) < 4.78 is 4.61. The van der Waals surface area contributed by atoms with Gasteiger partial charge in [-0.15, -0.1) is 0 Å². The van der Waals surface area contributed by atoms with E-state index in [0.717, 1.165) is 25.9 Å². The number of ether oxygens (including phenoxy) is 1. The first-order valence-electron chi connectivity index (χ1n) is 4.61. The predicted molar refractivity (Wildman–Crippen MR) is 48.3 cm³/mol. The SMILES string of the molecule is COC(=O)CC1(CO)CCNCC1. The van der Waals surface area contributed by atoms with Gasteiger partial charge in [-0.3, -0.25) is 4.79 Å². The van der Waals surface area contributed by atoms with Crippen molar-refractivity contribution in [2.75, 3.05) is 26.8 Å². The molecule has 4 nitrogen and oxygen atoms in total. The minimum atomic E-state index is -0.238. The van der Waals surface area contributed by atoms with Crippen LogP contribution >= 0.6 is 0 Å². The average molecular weight is 187 g/mol. The molecule has 1 saturated heterocycles. The number of rotatable bonds is 3. The fourth-order valence-corrected chi connectivity index (χ4v) is 1.73. The molecular formula is C9H17NO3. The molecule has 76 valence electrons. The molecule has 0 saturated carbocycles. The molecule has 4 heteroatoms. The van der Waals surface area contributed by atoms with Crippen molar-refractivity contribution in [1.82, 2.24) is 5.32 Å². The zero-order valence-electron chi connectivity index (χ0n) is 8.01. The van der Waals surface area contributed by atoms with Crippen LogP contribution in [0.2, 0.25) is 0 Å². The minimum absolute atomic E-state index is 0.0732. The zero-order chi connectivity index (χ0) is 9.73. The molecule has 0 unspecified atom stereocenters. The minimum Gasteiger partial charge on any atom is -0.469 e. The number of esters is 1. The van der Waals surface area contributed by atoms with Crippen LogP contribution in [0.4, 0.5) is 0 Å². The molecule has 0 aromatic heterocycles. The van der Waals surface area contributed by atoms with E-state index < -0.39 is 0 Å². The Bertz CT molecular complexity index is 176. The van der Waals surface area contributed by atoms with Gasteiger partial charge in [0.15, 0.2) is 0 Å². The highest BCUT2D eigenvalue weighted by atomic mass is 16.5. The third-order valence-corrected chi connectivity index (χ3v) is 2.75. The first-order valence-corrected chi connectivity index (χ1v) is 4.61. The van der Waals surface area contributed by atoms with E-state index >= 15 is 0 Å². The average Bonchev–Trinajstić information content (AvgIpc) is 2.19. The quantitative estimate of drug-likeness (QED) is 0.606. The Morgan fingerprint density at radius 1 is 1.54 bits per heavy atom. The lowest BCUT2D eigenvalue weighted by Crippen LogP contribution is -2.40. The van der Waals surface area contributed by atoms with E-state index in [2.05, 4.69) is 10.1 Å². The second-order valence-electron chi connectivity index (χ2n) is 3.66. The summed E-state index contributed by atoms with van der Waals surface area (Å²) >= 11 is 0. The van der Waals surface area contributed by atoms with Gasteiger partial charge in [0, 0.05) is 12.0 Å². The summed E-state index contributed by atoms with van der Waals surface area (Å²) in [7, 11) is 1.38. The number of hydrogen-bond donors (Lipinski definition) is 2. The van der Waals surface area contributed by atoms with Crippen molar-refractivity contribution in [2.24, 2.45) is 5.41 Å². The third kappa shape index (κ3) is 2.67. The first kappa shape index (κ1) is 10.5. The van der Waals surface area contributed by atoms with Crippen molar-refractivity contribution in [3.63, 3.8) is 0 Å². The van der Waals surface area contributed by atoms with Crippen LogP contribution in [-0.2, 0) is 9.53 Å². The lowest BCUT2D eigenvalue weighted by atomic mass is 9.77. The van der Waals surface area contributed by atoms with Gasteiger partial charge >= 0.3 is 5.97 Å². The molecule has 1 fully saturated rings. The fourth-order valence-electron chi connectivity index (χ4n) is 1.73. The summed E-state index contributed by atoms with van der Waals surface area (Å²) in [5.41, 5.74) is -0.238. The molecule has 0 amide bonds. The molecule has 0 aromatic rings. The van der Waals surface area contributed by atoms with Gasteiger partial charge in [-0.2, -0.15) is 0 Å². The highest BCUT2D eigenvalue weighted by Crippen LogP contribution is 2.32. The molecule has 1 aliphatic heterocycles. The number of aliphatic hydroxyl groups excluding tert-OH is 1. The maximum Gasteiger partial charge on any atom is 0.306 e. The number of carbonyl (C=O) groups excluding carboxylic acids is 1. The van der Waals surface area contributed by atoms with Crippen LogP contribution in [0.5, 0.6) is 0 Å². The lowest BCUT2D eigenvalue weighted by molar-refractivity contribution is -0.144. The van der Waals surface area contributed by atoms with Crippen molar-refractivity contribution < 1.29 is 14.6 Å². The number of hydrogen-bond acceptors (Lipinski definition) is 4. The highest BCUT2D eigenvalue weighted by Gasteiger charge is 2.33. The Labute approximate surface area is 78.3 Å². The van der Waals surface area contributed by atoms with Crippen molar-refractivity contribution >= 4 is 5.97 Å². The lowest BCUT2D eigenvalue weighted by Gasteiger charge is -2.34. The second-order valence-corrected chi connectivity index (χ2v) is 3.66. The molecule has 0 spiro atoms. The van der Waals surface area contributed by atoms with Gasteiger partial charge in [-0.25, -0.2) is 0 Å². The summed E-state index contributed by atoms with van der Waals surface area (Å²) in [5, 5.41) is 12.5. The summed E-state index contributed by atoms with van der Waals surface area (Å²) in [5.74, 6) is -0.226. The third-order valence-electron chi connectivity index (χ3n) is 2.75. The molecule has 0 aliphatic carbocycles. The maximum atomic E-state index is 11.1. The molecule has 0 radical (unpaired) electrons. The molecule has 2 N–H and O–H groups in total.